The molecule has 0 bridgehead atoms. The van der Waals surface area contributed by atoms with Crippen molar-refractivity contribution < 1.29 is 14.3 Å². The molecule has 216 valence electrons. The summed E-state index contributed by atoms with van der Waals surface area (Å²) < 4.78 is 13.0. The number of anilines is 4. The summed E-state index contributed by atoms with van der Waals surface area (Å²) in [6, 6.07) is 16.6. The molecular weight excluding hydrogens is 534 g/mol. The summed E-state index contributed by atoms with van der Waals surface area (Å²) in [5, 5.41) is 20.0. The predicted molar refractivity (Wildman–Crippen MR) is 160 cm³/mol. The monoisotopic (exact) mass is 567 g/mol. The third-order valence-corrected chi connectivity index (χ3v) is 6.80. The van der Waals surface area contributed by atoms with Crippen LogP contribution in [0, 0.1) is 18.3 Å². The number of ether oxygens (including phenoxy) is 2. The first kappa shape index (κ1) is 28.4. The summed E-state index contributed by atoms with van der Waals surface area (Å²) in [5.74, 6) is 1.07. The van der Waals surface area contributed by atoms with E-state index < -0.39 is 6.03 Å². The number of nitrogens with two attached hydrogens (primary N) is 1. The Bertz CT molecular complexity index is 1630. The molecule has 42 heavy (non-hydrogen) atoms. The van der Waals surface area contributed by atoms with Crippen LogP contribution in [0.2, 0.25) is 0 Å². The molecule has 0 radical (unpaired) electrons. The number of hydrogen-bond acceptors (Lipinski definition) is 9. The van der Waals surface area contributed by atoms with Crippen LogP contribution in [-0.2, 0) is 10.2 Å². The second-order valence-electron chi connectivity index (χ2n) is 10.9. The molecule has 12 heteroatoms. The second-order valence-corrected chi connectivity index (χ2v) is 10.9. The quantitative estimate of drug-likeness (QED) is 0.292. The molecule has 0 aliphatic carbocycles. The number of amides is 2. The molecule has 0 saturated carbocycles. The number of carbonyl (C=O) groups is 1. The normalized spacial score (nSPS) is 13.4. The molecule has 12 nitrogen and oxygen atoms in total. The van der Waals surface area contributed by atoms with Crippen LogP contribution in [0.15, 0.2) is 54.9 Å². The number of aryl methyl sites for hydroxylation is 1. The molecule has 4 aromatic rings. The van der Waals surface area contributed by atoms with Crippen molar-refractivity contribution in [3.63, 3.8) is 0 Å². The standard InChI is InChI=1S/C30H33N9O3/c1-19-15-22(42-28-23(17-31)27(32)33-18-34-28)9-10-24(19)35-29(40)36-26-16-25(30(2,3)4)37-39(26)21-7-5-20(6-8-21)38-11-13-41-14-12-38/h5-10,15-16,18H,11-14H2,1-4H3,(H2,32,33,34)(H2,35,36,40). The van der Waals surface area contributed by atoms with Gasteiger partial charge in [-0.3, -0.25) is 5.32 Å². The van der Waals surface area contributed by atoms with Crippen molar-refractivity contribution >= 4 is 29.0 Å². The third-order valence-electron chi connectivity index (χ3n) is 6.80. The number of nitriles is 1. The van der Waals surface area contributed by atoms with E-state index in [-0.39, 0.29) is 22.7 Å². The average Bonchev–Trinajstić information content (AvgIpc) is 3.39. The third kappa shape index (κ3) is 6.26. The Hall–Kier alpha value is -5.15. The maximum absolute atomic E-state index is 13.2. The lowest BCUT2D eigenvalue weighted by atomic mass is 9.92. The smallest absolute Gasteiger partial charge is 0.324 e. The van der Waals surface area contributed by atoms with Gasteiger partial charge in [0.2, 0.25) is 5.88 Å². The highest BCUT2D eigenvalue weighted by atomic mass is 16.5. The molecule has 1 saturated heterocycles. The fourth-order valence-electron chi connectivity index (χ4n) is 4.45. The van der Waals surface area contributed by atoms with E-state index in [0.29, 0.717) is 30.5 Å². The summed E-state index contributed by atoms with van der Waals surface area (Å²) in [4.78, 5) is 23.3. The number of nitrogens with one attached hydrogen (secondary N) is 2. The Kier molecular flexibility index (Phi) is 7.95. The van der Waals surface area contributed by atoms with E-state index >= 15 is 0 Å². The minimum Gasteiger partial charge on any atom is -0.437 e. The fraction of sp³-hybridized carbons (Fsp3) is 0.300. The van der Waals surface area contributed by atoms with Gasteiger partial charge in [0.1, 0.15) is 29.8 Å². The summed E-state index contributed by atoms with van der Waals surface area (Å²) in [6.07, 6.45) is 1.23. The first-order valence-electron chi connectivity index (χ1n) is 13.5. The molecule has 2 aromatic heterocycles. The van der Waals surface area contributed by atoms with Gasteiger partial charge in [0.25, 0.3) is 0 Å². The molecule has 5 rings (SSSR count). The molecule has 0 spiro atoms. The largest absolute Gasteiger partial charge is 0.437 e. The van der Waals surface area contributed by atoms with Crippen LogP contribution >= 0.6 is 0 Å². The molecule has 1 fully saturated rings. The zero-order chi connectivity index (χ0) is 29.9. The van der Waals surface area contributed by atoms with Crippen LogP contribution in [-0.4, -0.2) is 52.1 Å². The van der Waals surface area contributed by atoms with Gasteiger partial charge in [-0.15, -0.1) is 0 Å². The van der Waals surface area contributed by atoms with Gasteiger partial charge < -0.3 is 25.4 Å². The number of benzene rings is 2. The van der Waals surface area contributed by atoms with Crippen molar-refractivity contribution in [2.75, 3.05) is 47.6 Å². The SMILES string of the molecule is Cc1cc(Oc2ncnc(N)c2C#N)ccc1NC(=O)Nc1cc(C(C)(C)C)nn1-c1ccc(N2CCOCC2)cc1. The number of morpholine rings is 1. The number of rotatable bonds is 6. The van der Waals surface area contributed by atoms with Crippen LogP contribution in [0.25, 0.3) is 5.69 Å². The van der Waals surface area contributed by atoms with Gasteiger partial charge in [0.05, 0.1) is 24.6 Å². The minimum absolute atomic E-state index is 0.0380. The summed E-state index contributed by atoms with van der Waals surface area (Å²) in [5.41, 5.74) is 9.69. The van der Waals surface area contributed by atoms with E-state index in [4.69, 9.17) is 20.3 Å². The molecular formula is C30H33N9O3. The molecule has 2 aromatic carbocycles. The van der Waals surface area contributed by atoms with Gasteiger partial charge >= 0.3 is 6.03 Å². The van der Waals surface area contributed by atoms with E-state index in [9.17, 15) is 10.1 Å². The van der Waals surface area contributed by atoms with Crippen molar-refractivity contribution in [1.82, 2.24) is 19.7 Å². The first-order chi connectivity index (χ1) is 20.1. The van der Waals surface area contributed by atoms with Crippen LogP contribution in [0.5, 0.6) is 11.6 Å². The molecule has 0 atom stereocenters. The van der Waals surface area contributed by atoms with E-state index in [1.165, 1.54) is 6.33 Å². The van der Waals surface area contributed by atoms with E-state index in [1.807, 2.05) is 31.2 Å². The molecule has 1 aliphatic heterocycles. The van der Waals surface area contributed by atoms with Gasteiger partial charge in [0, 0.05) is 35.9 Å². The lowest BCUT2D eigenvalue weighted by Crippen LogP contribution is -2.36. The van der Waals surface area contributed by atoms with E-state index in [2.05, 4.69) is 58.4 Å². The topological polar surface area (TPSA) is 156 Å². The average molecular weight is 568 g/mol. The predicted octanol–water partition coefficient (Wildman–Crippen LogP) is 5.00. The van der Waals surface area contributed by atoms with Gasteiger partial charge in [-0.2, -0.15) is 10.4 Å². The Labute approximate surface area is 244 Å². The van der Waals surface area contributed by atoms with Crippen molar-refractivity contribution in [1.29, 1.82) is 5.26 Å². The Morgan fingerprint density at radius 3 is 2.43 bits per heavy atom. The Morgan fingerprint density at radius 2 is 1.76 bits per heavy atom. The summed E-state index contributed by atoms with van der Waals surface area (Å²) in [7, 11) is 0. The summed E-state index contributed by atoms with van der Waals surface area (Å²) >= 11 is 0. The van der Waals surface area contributed by atoms with Crippen molar-refractivity contribution in [2.24, 2.45) is 0 Å². The molecule has 1 aliphatic rings. The number of nitrogens with zero attached hydrogens (tertiary/aromatic N) is 6. The van der Waals surface area contributed by atoms with Gasteiger partial charge in [-0.25, -0.2) is 19.4 Å². The van der Waals surface area contributed by atoms with Crippen LogP contribution in [0.3, 0.4) is 0 Å². The number of carbonyl (C=O) groups excluding carboxylic acids is 1. The Balaban J connectivity index is 1.33. The molecule has 0 unspecified atom stereocenters. The maximum atomic E-state index is 13.2. The highest BCUT2D eigenvalue weighted by Gasteiger charge is 2.22. The number of nitrogen functional groups attached to an aromatic ring is 1. The second kappa shape index (κ2) is 11.8. The molecule has 2 amide bonds. The van der Waals surface area contributed by atoms with Crippen LogP contribution in [0.1, 0.15) is 37.6 Å². The van der Waals surface area contributed by atoms with E-state index in [0.717, 1.165) is 35.7 Å². The number of aromatic nitrogens is 4. The maximum Gasteiger partial charge on any atom is 0.324 e. The number of hydrogen-bond donors (Lipinski definition) is 3. The van der Waals surface area contributed by atoms with Gasteiger partial charge in [0.15, 0.2) is 5.56 Å². The number of urea groups is 1. The van der Waals surface area contributed by atoms with Gasteiger partial charge in [-0.1, -0.05) is 20.8 Å². The van der Waals surface area contributed by atoms with Gasteiger partial charge in [-0.05, 0) is 55.0 Å². The zero-order valence-corrected chi connectivity index (χ0v) is 24.0. The van der Waals surface area contributed by atoms with Crippen molar-refractivity contribution in [3.8, 4) is 23.4 Å². The van der Waals surface area contributed by atoms with Crippen molar-refractivity contribution in [3.05, 3.63) is 71.7 Å². The zero-order valence-electron chi connectivity index (χ0n) is 24.0. The lowest BCUT2D eigenvalue weighted by molar-refractivity contribution is 0.122. The first-order valence-corrected chi connectivity index (χ1v) is 13.5. The summed E-state index contributed by atoms with van der Waals surface area (Å²) in [6.45, 7) is 11.2. The van der Waals surface area contributed by atoms with E-state index in [1.54, 1.807) is 22.9 Å². The fourth-order valence-corrected chi connectivity index (χ4v) is 4.45. The van der Waals surface area contributed by atoms with Crippen molar-refractivity contribution in [2.45, 2.75) is 33.1 Å². The van der Waals surface area contributed by atoms with Crippen LogP contribution < -0.4 is 26.0 Å². The highest BCUT2D eigenvalue weighted by molar-refractivity contribution is 6.00. The molecule has 3 heterocycles. The molecule has 4 N–H and O–H groups in total. The highest BCUT2D eigenvalue weighted by Crippen LogP contribution is 2.30. The van der Waals surface area contributed by atoms with Crippen LogP contribution in [0.4, 0.5) is 27.8 Å². The Morgan fingerprint density at radius 1 is 1.05 bits per heavy atom. The minimum atomic E-state index is -0.423. The lowest BCUT2D eigenvalue weighted by Gasteiger charge is -2.28.